The first-order valence-electron chi connectivity index (χ1n) is 7.83. The van der Waals surface area contributed by atoms with Crippen molar-refractivity contribution in [2.45, 2.75) is 49.5 Å². The zero-order chi connectivity index (χ0) is 19.5. The van der Waals surface area contributed by atoms with Gasteiger partial charge in [-0.05, 0) is 39.7 Å². The number of nitrogens with two attached hydrogens (primary N) is 2. The molecule has 0 radical (unpaired) electrons. The minimum atomic E-state index is -1.55. The molecular weight excluding hydrogens is 376 g/mol. The maximum atomic E-state index is 10.7. The van der Waals surface area contributed by atoms with E-state index in [-0.39, 0.29) is 0 Å². The molecule has 11 heteroatoms. The van der Waals surface area contributed by atoms with Gasteiger partial charge in [0.25, 0.3) is 0 Å². The van der Waals surface area contributed by atoms with Crippen LogP contribution in [0.5, 0.6) is 0 Å². The Morgan fingerprint density at radius 1 is 1.42 bits per heavy atom. The van der Waals surface area contributed by atoms with Gasteiger partial charge in [0.15, 0.2) is 15.3 Å². The van der Waals surface area contributed by atoms with Gasteiger partial charge in [-0.15, -0.1) is 11.3 Å². The van der Waals surface area contributed by atoms with E-state index in [1.807, 2.05) is 13.0 Å². The molecule has 2 amide bonds. The Morgan fingerprint density at radius 3 is 2.50 bits per heavy atom. The summed E-state index contributed by atoms with van der Waals surface area (Å²) in [5.74, 6) is 0.851. The molecule has 142 valence electrons. The van der Waals surface area contributed by atoms with E-state index in [4.69, 9.17) is 10.9 Å². The predicted molar refractivity (Wildman–Crippen MR) is 99.9 cm³/mol. The summed E-state index contributed by atoms with van der Waals surface area (Å²) in [5, 5.41) is 17.0. The molecule has 2 aromatic heterocycles. The zero-order valence-electron chi connectivity index (χ0n) is 14.7. The lowest BCUT2D eigenvalue weighted by Gasteiger charge is -2.12. The van der Waals surface area contributed by atoms with Gasteiger partial charge in [-0.25, -0.2) is 29.1 Å². The number of aliphatic hydroxyl groups is 1. The molecule has 2 aromatic rings. The summed E-state index contributed by atoms with van der Waals surface area (Å²) in [7, 11) is -1.55. The van der Waals surface area contributed by atoms with E-state index in [0.717, 1.165) is 22.7 Å². The highest BCUT2D eigenvalue weighted by molar-refractivity contribution is 7.84. The molecule has 2 heterocycles. The van der Waals surface area contributed by atoms with Crippen LogP contribution in [0.1, 0.15) is 48.9 Å². The molecule has 1 saturated carbocycles. The third-order valence-electron chi connectivity index (χ3n) is 3.36. The number of hydrogen-bond acceptors (Lipinski definition) is 7. The molecule has 3 rings (SSSR count). The number of carbonyl (C=O) groups is 1. The van der Waals surface area contributed by atoms with Gasteiger partial charge in [-0.3, -0.25) is 5.32 Å². The van der Waals surface area contributed by atoms with E-state index in [2.05, 4.69) is 20.3 Å². The van der Waals surface area contributed by atoms with Crippen LogP contribution >= 0.6 is 11.3 Å². The number of primary amides is 1. The standard InChI is InChI=1S/C9H12N4O.C6H10N2O2S2/c1-5-4-7(6-2-3-6)12-9(11-5)13-8(10)14;1-6(2,9)4-3-8-5(11-4)12(7)10/h4,6H,2-3H2,1H3,(H3,10,11,12,13,14);3,9H,7H2,1-2H3. The van der Waals surface area contributed by atoms with Gasteiger partial charge in [0.1, 0.15) is 0 Å². The van der Waals surface area contributed by atoms with Crippen molar-refractivity contribution >= 4 is 34.3 Å². The summed E-state index contributed by atoms with van der Waals surface area (Å²) >= 11 is 1.16. The van der Waals surface area contributed by atoms with Crippen LogP contribution in [-0.4, -0.2) is 30.3 Å². The molecule has 1 aliphatic rings. The maximum Gasteiger partial charge on any atom is 0.319 e. The van der Waals surface area contributed by atoms with Crippen molar-refractivity contribution in [1.82, 2.24) is 15.0 Å². The summed E-state index contributed by atoms with van der Waals surface area (Å²) < 4.78 is 11.1. The van der Waals surface area contributed by atoms with Gasteiger partial charge in [0.2, 0.25) is 5.95 Å². The lowest BCUT2D eigenvalue weighted by molar-refractivity contribution is 0.0823. The van der Waals surface area contributed by atoms with E-state index in [1.54, 1.807) is 13.8 Å². The van der Waals surface area contributed by atoms with Crippen LogP contribution in [0.3, 0.4) is 0 Å². The molecule has 6 N–H and O–H groups in total. The summed E-state index contributed by atoms with van der Waals surface area (Å²) in [6.45, 7) is 5.16. The van der Waals surface area contributed by atoms with Gasteiger partial charge < -0.3 is 10.8 Å². The number of thiazole rings is 1. The van der Waals surface area contributed by atoms with Gasteiger partial charge in [0.05, 0.1) is 10.5 Å². The molecular formula is C15H22N6O3S2. The van der Waals surface area contributed by atoms with Crippen molar-refractivity contribution in [2.24, 2.45) is 10.9 Å². The summed E-state index contributed by atoms with van der Waals surface area (Å²) in [5.41, 5.74) is 5.90. The molecule has 0 aromatic carbocycles. The topological polar surface area (TPSA) is 157 Å². The van der Waals surface area contributed by atoms with Crippen LogP contribution < -0.4 is 16.2 Å². The van der Waals surface area contributed by atoms with Crippen molar-refractivity contribution in [3.63, 3.8) is 0 Å². The van der Waals surface area contributed by atoms with Crippen LogP contribution in [0.2, 0.25) is 0 Å². The largest absolute Gasteiger partial charge is 0.385 e. The minimum Gasteiger partial charge on any atom is -0.385 e. The third-order valence-corrected chi connectivity index (χ3v) is 5.66. The van der Waals surface area contributed by atoms with Gasteiger partial charge in [0, 0.05) is 23.5 Å². The first kappa shape index (κ1) is 20.4. The number of aromatic nitrogens is 3. The Labute approximate surface area is 157 Å². The Hall–Kier alpha value is -1.95. The average molecular weight is 399 g/mol. The molecule has 1 atom stereocenters. The monoisotopic (exact) mass is 398 g/mol. The summed E-state index contributed by atoms with van der Waals surface area (Å²) in [6, 6.07) is 1.32. The first-order valence-corrected chi connectivity index (χ1v) is 9.86. The quantitative estimate of drug-likeness (QED) is 0.611. The highest BCUT2D eigenvalue weighted by Crippen LogP contribution is 2.39. The van der Waals surface area contributed by atoms with E-state index in [0.29, 0.717) is 21.1 Å². The number of rotatable bonds is 4. The number of amides is 2. The molecule has 0 bridgehead atoms. The van der Waals surface area contributed by atoms with Crippen LogP contribution in [0.15, 0.2) is 16.6 Å². The van der Waals surface area contributed by atoms with Crippen LogP contribution in [0.4, 0.5) is 10.7 Å². The molecule has 1 unspecified atom stereocenters. The van der Waals surface area contributed by atoms with Crippen LogP contribution in [0, 0.1) is 6.92 Å². The molecule has 0 saturated heterocycles. The Morgan fingerprint density at radius 2 is 2.08 bits per heavy atom. The number of hydrogen-bond donors (Lipinski definition) is 4. The number of carbonyl (C=O) groups excluding carboxylic acids is 1. The van der Waals surface area contributed by atoms with Crippen LogP contribution in [0.25, 0.3) is 0 Å². The number of nitrogens with one attached hydrogen (secondary N) is 1. The highest BCUT2D eigenvalue weighted by atomic mass is 32.2. The number of urea groups is 1. The van der Waals surface area contributed by atoms with Crippen molar-refractivity contribution in [1.29, 1.82) is 0 Å². The number of anilines is 1. The third kappa shape index (κ3) is 6.09. The van der Waals surface area contributed by atoms with Crippen molar-refractivity contribution in [3.05, 3.63) is 28.5 Å². The molecule has 26 heavy (non-hydrogen) atoms. The smallest absolute Gasteiger partial charge is 0.319 e. The Kier molecular flexibility index (Phi) is 6.39. The SMILES string of the molecule is CC(C)(O)c1cnc(S(N)=O)s1.Cc1cc(C2CC2)nc(NC(N)=O)n1. The van der Waals surface area contributed by atoms with Crippen molar-refractivity contribution in [2.75, 3.05) is 5.32 Å². The normalized spacial score (nSPS) is 15.0. The van der Waals surface area contributed by atoms with Gasteiger partial charge >= 0.3 is 6.03 Å². The molecule has 1 aliphatic carbocycles. The molecule has 0 spiro atoms. The van der Waals surface area contributed by atoms with Gasteiger partial charge in [-0.1, -0.05) is 0 Å². The predicted octanol–water partition coefficient (Wildman–Crippen LogP) is 1.50. The second-order valence-corrected chi connectivity index (χ2v) is 8.64. The van der Waals surface area contributed by atoms with Gasteiger partial charge in [-0.2, -0.15) is 0 Å². The van der Waals surface area contributed by atoms with E-state index < -0.39 is 22.6 Å². The zero-order valence-corrected chi connectivity index (χ0v) is 16.4. The van der Waals surface area contributed by atoms with E-state index in [9.17, 15) is 14.1 Å². The molecule has 9 nitrogen and oxygen atoms in total. The summed E-state index contributed by atoms with van der Waals surface area (Å²) in [4.78, 5) is 23.4. The highest BCUT2D eigenvalue weighted by Gasteiger charge is 2.25. The fourth-order valence-electron chi connectivity index (χ4n) is 1.98. The fourth-order valence-corrected chi connectivity index (χ4v) is 3.38. The minimum absolute atomic E-state index is 0.305. The fraction of sp³-hybridized carbons (Fsp3) is 0.467. The van der Waals surface area contributed by atoms with Crippen molar-refractivity contribution < 1.29 is 14.1 Å². The van der Waals surface area contributed by atoms with Crippen LogP contribution in [-0.2, 0) is 16.6 Å². The maximum absolute atomic E-state index is 10.7. The second-order valence-electron chi connectivity index (χ2n) is 6.37. The van der Waals surface area contributed by atoms with E-state index >= 15 is 0 Å². The summed E-state index contributed by atoms with van der Waals surface area (Å²) in [6.07, 6.45) is 3.84. The van der Waals surface area contributed by atoms with E-state index in [1.165, 1.54) is 19.0 Å². The first-order chi connectivity index (χ1) is 12.1. The Bertz CT molecular complexity index is 814. The number of nitrogens with zero attached hydrogens (tertiary/aromatic N) is 3. The van der Waals surface area contributed by atoms with Crippen molar-refractivity contribution in [3.8, 4) is 0 Å². The lowest BCUT2D eigenvalue weighted by atomic mass is 10.1. The average Bonchev–Trinajstić information content (AvgIpc) is 3.21. The second kappa shape index (κ2) is 8.16. The molecule has 1 fully saturated rings. The lowest BCUT2D eigenvalue weighted by Crippen LogP contribution is -2.21. The Balaban J connectivity index is 0.000000190. The number of aryl methyl sites for hydroxylation is 1. The molecule has 0 aliphatic heterocycles.